The zero-order valence-corrected chi connectivity index (χ0v) is 10.9. The van der Waals surface area contributed by atoms with Crippen LogP contribution in [0.3, 0.4) is 0 Å². The average Bonchev–Trinajstić information content (AvgIpc) is 2.31. The van der Waals surface area contributed by atoms with Gasteiger partial charge in [-0.1, -0.05) is 0 Å². The van der Waals surface area contributed by atoms with Gasteiger partial charge in [-0.05, 0) is 25.6 Å². The molecule has 1 amide bonds. The zero-order chi connectivity index (χ0) is 14.4. The molecule has 7 heteroatoms. The van der Waals surface area contributed by atoms with Crippen molar-refractivity contribution in [2.45, 2.75) is 6.92 Å². The van der Waals surface area contributed by atoms with Gasteiger partial charge in [0.15, 0.2) is 0 Å². The van der Waals surface area contributed by atoms with Gasteiger partial charge < -0.3 is 10.4 Å². The van der Waals surface area contributed by atoms with Gasteiger partial charge in [0.05, 0.1) is 18.1 Å². The lowest BCUT2D eigenvalue weighted by Crippen LogP contribution is -2.32. The summed E-state index contributed by atoms with van der Waals surface area (Å²) < 4.78 is 0. The third kappa shape index (κ3) is 4.65. The number of carbonyl (C=O) groups excluding carboxylic acids is 1. The van der Waals surface area contributed by atoms with Crippen LogP contribution >= 0.6 is 0 Å². The average molecular weight is 267 g/mol. The number of nitrogens with zero attached hydrogens (tertiary/aromatic N) is 2. The maximum absolute atomic E-state index is 11.7. The number of anilines is 1. The summed E-state index contributed by atoms with van der Waals surface area (Å²) in [6, 6.07) is 4.27. The van der Waals surface area contributed by atoms with Crippen molar-refractivity contribution in [3.8, 4) is 0 Å². The van der Waals surface area contributed by atoms with Gasteiger partial charge in [-0.2, -0.15) is 0 Å². The van der Waals surface area contributed by atoms with Crippen LogP contribution in [0.25, 0.3) is 0 Å². The molecule has 1 aromatic carbocycles. The largest absolute Gasteiger partial charge is 0.395 e. The number of benzene rings is 1. The Bertz CT molecular complexity index is 476. The Morgan fingerprint density at radius 3 is 2.74 bits per heavy atom. The van der Waals surface area contributed by atoms with Gasteiger partial charge in [0, 0.05) is 24.4 Å². The Morgan fingerprint density at radius 2 is 2.21 bits per heavy atom. The highest BCUT2D eigenvalue weighted by Crippen LogP contribution is 2.20. The Labute approximate surface area is 111 Å². The van der Waals surface area contributed by atoms with E-state index in [0.29, 0.717) is 17.8 Å². The van der Waals surface area contributed by atoms with Crippen LogP contribution in [0.15, 0.2) is 18.2 Å². The first-order valence-corrected chi connectivity index (χ1v) is 5.78. The van der Waals surface area contributed by atoms with Gasteiger partial charge in [-0.15, -0.1) is 0 Å². The zero-order valence-electron chi connectivity index (χ0n) is 10.9. The van der Waals surface area contributed by atoms with E-state index < -0.39 is 4.92 Å². The standard InChI is InChI=1S/C12H17N3O4/c1-9-7-10(15(18)19)3-4-11(9)13-12(17)8-14(2)5-6-16/h3-4,7,16H,5-6,8H2,1-2H3,(H,13,17). The van der Waals surface area contributed by atoms with Crippen LogP contribution in [0.4, 0.5) is 11.4 Å². The number of non-ortho nitro benzene ring substituents is 1. The molecule has 0 saturated carbocycles. The van der Waals surface area contributed by atoms with Crippen LogP contribution < -0.4 is 5.32 Å². The van der Waals surface area contributed by atoms with Crippen molar-refractivity contribution in [3.05, 3.63) is 33.9 Å². The van der Waals surface area contributed by atoms with Crippen LogP contribution in [-0.2, 0) is 4.79 Å². The number of carbonyl (C=O) groups is 1. The van der Waals surface area contributed by atoms with Crippen molar-refractivity contribution in [2.24, 2.45) is 0 Å². The van der Waals surface area contributed by atoms with Gasteiger partial charge in [0.1, 0.15) is 0 Å². The molecule has 0 aliphatic carbocycles. The van der Waals surface area contributed by atoms with E-state index in [1.54, 1.807) is 18.9 Å². The molecule has 0 atom stereocenters. The van der Waals surface area contributed by atoms with Crippen molar-refractivity contribution in [2.75, 3.05) is 32.1 Å². The second-order valence-electron chi connectivity index (χ2n) is 4.27. The molecule has 0 saturated heterocycles. The molecule has 2 N–H and O–H groups in total. The maximum Gasteiger partial charge on any atom is 0.269 e. The fraction of sp³-hybridized carbons (Fsp3) is 0.417. The lowest BCUT2D eigenvalue weighted by molar-refractivity contribution is -0.384. The molecular weight excluding hydrogens is 250 g/mol. The molecule has 19 heavy (non-hydrogen) atoms. The molecule has 0 bridgehead atoms. The van der Waals surface area contributed by atoms with Crippen LogP contribution in [0, 0.1) is 17.0 Å². The van der Waals surface area contributed by atoms with Gasteiger partial charge in [0.25, 0.3) is 5.69 Å². The summed E-state index contributed by atoms with van der Waals surface area (Å²) in [6.45, 7) is 2.24. The van der Waals surface area contributed by atoms with E-state index >= 15 is 0 Å². The number of rotatable bonds is 6. The third-order valence-corrected chi connectivity index (χ3v) is 2.59. The first-order valence-electron chi connectivity index (χ1n) is 5.78. The number of nitro groups is 1. The van der Waals surface area contributed by atoms with Gasteiger partial charge >= 0.3 is 0 Å². The summed E-state index contributed by atoms with van der Waals surface area (Å²) >= 11 is 0. The van der Waals surface area contributed by atoms with E-state index in [0.717, 1.165) is 0 Å². The Balaban J connectivity index is 2.67. The summed E-state index contributed by atoms with van der Waals surface area (Å²) in [5, 5.41) is 22.0. The minimum absolute atomic E-state index is 0.00658. The molecule has 0 fully saturated rings. The number of hydrogen-bond donors (Lipinski definition) is 2. The molecular formula is C12H17N3O4. The van der Waals surface area contributed by atoms with Crippen molar-refractivity contribution < 1.29 is 14.8 Å². The van der Waals surface area contributed by atoms with Crippen LogP contribution in [-0.4, -0.2) is 47.6 Å². The highest BCUT2D eigenvalue weighted by Gasteiger charge is 2.11. The molecule has 7 nitrogen and oxygen atoms in total. The van der Waals surface area contributed by atoms with Gasteiger partial charge in [0.2, 0.25) is 5.91 Å². The minimum Gasteiger partial charge on any atom is -0.395 e. The lowest BCUT2D eigenvalue weighted by Gasteiger charge is -2.15. The number of nitrogens with one attached hydrogen (secondary N) is 1. The summed E-state index contributed by atoms with van der Waals surface area (Å²) in [5.74, 6) is -0.229. The second kappa shape index (κ2) is 6.81. The topological polar surface area (TPSA) is 95.7 Å². The summed E-state index contributed by atoms with van der Waals surface area (Å²) in [5.41, 5.74) is 1.17. The summed E-state index contributed by atoms with van der Waals surface area (Å²) in [4.78, 5) is 23.5. The molecule has 1 aromatic rings. The number of aliphatic hydroxyl groups is 1. The molecule has 104 valence electrons. The summed E-state index contributed by atoms with van der Waals surface area (Å²) in [7, 11) is 1.72. The number of nitro benzene ring substituents is 1. The minimum atomic E-state index is -0.479. The van der Waals surface area contributed by atoms with E-state index in [1.165, 1.54) is 18.2 Å². The van der Waals surface area contributed by atoms with Crippen LogP contribution in [0.2, 0.25) is 0 Å². The van der Waals surface area contributed by atoms with Crippen molar-refractivity contribution in [1.82, 2.24) is 4.90 Å². The normalized spacial score (nSPS) is 10.5. The molecule has 0 radical (unpaired) electrons. The Morgan fingerprint density at radius 1 is 1.53 bits per heavy atom. The number of likely N-dealkylation sites (N-methyl/N-ethyl adjacent to an activating group) is 1. The van der Waals surface area contributed by atoms with Crippen molar-refractivity contribution in [3.63, 3.8) is 0 Å². The molecule has 0 spiro atoms. The van der Waals surface area contributed by atoms with Crippen LogP contribution in [0.5, 0.6) is 0 Å². The SMILES string of the molecule is Cc1cc([N+](=O)[O-])ccc1NC(=O)CN(C)CCO. The molecule has 0 heterocycles. The third-order valence-electron chi connectivity index (χ3n) is 2.59. The molecule has 0 aliphatic rings. The maximum atomic E-state index is 11.7. The van der Waals surface area contributed by atoms with E-state index in [9.17, 15) is 14.9 Å². The second-order valence-corrected chi connectivity index (χ2v) is 4.27. The molecule has 0 unspecified atom stereocenters. The Kier molecular flexibility index (Phi) is 5.40. The monoisotopic (exact) mass is 267 g/mol. The van der Waals surface area contributed by atoms with Gasteiger partial charge in [-0.25, -0.2) is 0 Å². The fourth-order valence-corrected chi connectivity index (χ4v) is 1.59. The fourth-order valence-electron chi connectivity index (χ4n) is 1.59. The first-order chi connectivity index (χ1) is 8.93. The molecule has 0 aromatic heterocycles. The smallest absolute Gasteiger partial charge is 0.269 e. The molecule has 1 rings (SSSR count). The highest BCUT2D eigenvalue weighted by atomic mass is 16.6. The number of aryl methyl sites for hydroxylation is 1. The number of amides is 1. The van der Waals surface area contributed by atoms with E-state index in [1.807, 2.05) is 0 Å². The Hall–Kier alpha value is -1.99. The van der Waals surface area contributed by atoms with E-state index in [2.05, 4.69) is 5.32 Å². The van der Waals surface area contributed by atoms with Gasteiger partial charge in [-0.3, -0.25) is 19.8 Å². The summed E-state index contributed by atoms with van der Waals surface area (Å²) in [6.07, 6.45) is 0. The highest BCUT2D eigenvalue weighted by molar-refractivity contribution is 5.93. The quantitative estimate of drug-likeness (QED) is 0.586. The predicted octanol–water partition coefficient (Wildman–Crippen LogP) is 0.766. The molecule has 0 aliphatic heterocycles. The van der Waals surface area contributed by atoms with E-state index in [-0.39, 0.29) is 24.7 Å². The van der Waals surface area contributed by atoms with Crippen molar-refractivity contribution in [1.29, 1.82) is 0 Å². The number of hydrogen-bond acceptors (Lipinski definition) is 5. The van der Waals surface area contributed by atoms with E-state index in [4.69, 9.17) is 5.11 Å². The first kappa shape index (κ1) is 15.1. The van der Waals surface area contributed by atoms with Crippen LogP contribution in [0.1, 0.15) is 5.56 Å². The predicted molar refractivity (Wildman–Crippen MR) is 71.0 cm³/mol. The van der Waals surface area contributed by atoms with Crippen molar-refractivity contribution >= 4 is 17.3 Å². The lowest BCUT2D eigenvalue weighted by atomic mass is 10.2. The number of aliphatic hydroxyl groups excluding tert-OH is 1.